The molecule has 37 heavy (non-hydrogen) atoms. The van der Waals surface area contributed by atoms with Crippen LogP contribution in [-0.4, -0.2) is 31.8 Å². The van der Waals surface area contributed by atoms with Crippen molar-refractivity contribution < 1.29 is 17.9 Å². The van der Waals surface area contributed by atoms with Gasteiger partial charge in [0.15, 0.2) is 0 Å². The summed E-state index contributed by atoms with van der Waals surface area (Å²) in [6.07, 6.45) is 0. The zero-order chi connectivity index (χ0) is 27.3. The Kier molecular flexibility index (Phi) is 9.88. The summed E-state index contributed by atoms with van der Waals surface area (Å²) in [5.41, 5.74) is 2.68. The summed E-state index contributed by atoms with van der Waals surface area (Å²) in [5.74, 6) is 1.02. The van der Waals surface area contributed by atoms with Crippen molar-refractivity contribution in [2.24, 2.45) is 0 Å². The highest BCUT2D eigenvalue weighted by molar-refractivity contribution is 9.10. The molecule has 0 atom stereocenters. The molecule has 0 bridgehead atoms. The van der Waals surface area contributed by atoms with E-state index in [0.29, 0.717) is 40.3 Å². The maximum atomic E-state index is 13.0. The summed E-state index contributed by atoms with van der Waals surface area (Å²) >= 11 is 15.5. The number of benzene rings is 3. The van der Waals surface area contributed by atoms with Gasteiger partial charge in [-0.1, -0.05) is 59.0 Å². The number of aryl methyl sites for hydroxylation is 1. The summed E-state index contributed by atoms with van der Waals surface area (Å²) in [6.45, 7) is 8.09. The Morgan fingerprint density at radius 1 is 1.00 bits per heavy atom. The molecule has 0 aliphatic heterocycles. The number of amides is 2. The number of urea groups is 1. The van der Waals surface area contributed by atoms with Crippen molar-refractivity contribution in [1.82, 2.24) is 9.62 Å². The quantitative estimate of drug-likeness (QED) is 0.257. The first-order valence-corrected chi connectivity index (χ1v) is 14.5. The van der Waals surface area contributed by atoms with Gasteiger partial charge in [0.05, 0.1) is 14.9 Å². The second kappa shape index (κ2) is 12.5. The van der Waals surface area contributed by atoms with Crippen LogP contribution in [0, 0.1) is 13.8 Å². The van der Waals surface area contributed by atoms with E-state index >= 15 is 0 Å². The molecule has 0 saturated heterocycles. The fourth-order valence-electron chi connectivity index (χ4n) is 3.60. The number of sulfonamides is 1. The van der Waals surface area contributed by atoms with E-state index in [9.17, 15) is 13.2 Å². The van der Waals surface area contributed by atoms with Gasteiger partial charge in [0, 0.05) is 41.4 Å². The topological polar surface area (TPSA) is 87.7 Å². The second-order valence-corrected chi connectivity index (χ2v) is 11.9. The molecule has 2 amide bonds. The van der Waals surface area contributed by atoms with Crippen molar-refractivity contribution in [3.8, 4) is 11.5 Å². The Morgan fingerprint density at radius 2 is 1.70 bits per heavy atom. The molecule has 0 spiro atoms. The first-order valence-electron chi connectivity index (χ1n) is 11.5. The molecule has 0 heterocycles. The molecular weight excluding hydrogens is 601 g/mol. The SMILES string of the molecule is CCN(CC)S(=O)(=O)c1cc(C)c(C)c(NC(=O)NCc2ccc(Br)cc2Oc2ccc(Cl)c(Cl)c2)c1. The van der Waals surface area contributed by atoms with Gasteiger partial charge in [-0.2, -0.15) is 4.31 Å². The van der Waals surface area contributed by atoms with Gasteiger partial charge in [0.25, 0.3) is 0 Å². The van der Waals surface area contributed by atoms with Crippen molar-refractivity contribution in [3.63, 3.8) is 0 Å². The number of carbonyl (C=O) groups excluding carboxylic acids is 1. The average molecular weight is 629 g/mol. The van der Waals surface area contributed by atoms with Gasteiger partial charge < -0.3 is 15.4 Å². The minimum atomic E-state index is -3.68. The number of ether oxygens (including phenoxy) is 1. The van der Waals surface area contributed by atoms with Crippen LogP contribution in [0.2, 0.25) is 10.0 Å². The highest BCUT2D eigenvalue weighted by atomic mass is 79.9. The summed E-state index contributed by atoms with van der Waals surface area (Å²) in [5, 5.41) is 6.38. The molecule has 0 saturated carbocycles. The molecule has 3 rings (SSSR count). The highest BCUT2D eigenvalue weighted by Gasteiger charge is 2.23. The third-order valence-corrected chi connectivity index (χ3v) is 9.08. The first kappa shape index (κ1) is 29.3. The zero-order valence-corrected chi connectivity index (χ0v) is 24.8. The van der Waals surface area contributed by atoms with E-state index in [-0.39, 0.29) is 11.4 Å². The third-order valence-electron chi connectivity index (χ3n) is 5.82. The van der Waals surface area contributed by atoms with Crippen LogP contribution in [0.25, 0.3) is 0 Å². The van der Waals surface area contributed by atoms with E-state index in [1.54, 1.807) is 44.2 Å². The molecule has 0 aliphatic rings. The van der Waals surface area contributed by atoms with Crippen LogP contribution < -0.4 is 15.4 Å². The van der Waals surface area contributed by atoms with Gasteiger partial charge in [-0.3, -0.25) is 0 Å². The van der Waals surface area contributed by atoms with E-state index in [1.807, 2.05) is 26.0 Å². The van der Waals surface area contributed by atoms with Crippen molar-refractivity contribution in [2.45, 2.75) is 39.1 Å². The van der Waals surface area contributed by atoms with Gasteiger partial charge in [0.2, 0.25) is 10.0 Å². The van der Waals surface area contributed by atoms with Crippen LogP contribution in [0.1, 0.15) is 30.5 Å². The number of nitrogens with zero attached hydrogens (tertiary/aromatic N) is 1. The van der Waals surface area contributed by atoms with Gasteiger partial charge in [-0.25, -0.2) is 13.2 Å². The Labute approximate surface area is 236 Å². The largest absolute Gasteiger partial charge is 0.457 e. The number of carbonyl (C=O) groups is 1. The maximum absolute atomic E-state index is 13.0. The molecule has 3 aromatic rings. The van der Waals surface area contributed by atoms with E-state index in [2.05, 4.69) is 26.6 Å². The van der Waals surface area contributed by atoms with E-state index in [0.717, 1.165) is 21.2 Å². The normalized spacial score (nSPS) is 11.5. The maximum Gasteiger partial charge on any atom is 0.319 e. The molecule has 0 aliphatic carbocycles. The van der Waals surface area contributed by atoms with Crippen LogP contribution in [0.15, 0.2) is 57.9 Å². The highest BCUT2D eigenvalue weighted by Crippen LogP contribution is 2.33. The molecule has 0 radical (unpaired) electrons. The van der Waals surface area contributed by atoms with Gasteiger partial charge in [0.1, 0.15) is 11.5 Å². The minimum Gasteiger partial charge on any atom is -0.457 e. The zero-order valence-electron chi connectivity index (χ0n) is 20.9. The van der Waals surface area contributed by atoms with Crippen LogP contribution in [0.4, 0.5) is 10.5 Å². The Balaban J connectivity index is 1.78. The van der Waals surface area contributed by atoms with Crippen LogP contribution in [0.3, 0.4) is 0 Å². The molecule has 0 unspecified atom stereocenters. The Bertz CT molecular complexity index is 1410. The summed E-state index contributed by atoms with van der Waals surface area (Å²) < 4.78 is 34.2. The predicted octanol–water partition coefficient (Wildman–Crippen LogP) is 7.52. The van der Waals surface area contributed by atoms with Crippen molar-refractivity contribution in [3.05, 3.63) is 79.7 Å². The predicted molar refractivity (Wildman–Crippen MR) is 153 cm³/mol. The lowest BCUT2D eigenvalue weighted by Crippen LogP contribution is -2.31. The van der Waals surface area contributed by atoms with Crippen molar-refractivity contribution in [1.29, 1.82) is 0 Å². The lowest BCUT2D eigenvalue weighted by molar-refractivity contribution is 0.251. The number of halogens is 3. The smallest absolute Gasteiger partial charge is 0.319 e. The van der Waals surface area contributed by atoms with Crippen LogP contribution in [-0.2, 0) is 16.6 Å². The molecule has 7 nitrogen and oxygen atoms in total. The van der Waals surface area contributed by atoms with E-state index in [4.69, 9.17) is 27.9 Å². The third kappa shape index (κ3) is 7.18. The molecule has 0 aromatic heterocycles. The van der Waals surface area contributed by atoms with E-state index in [1.165, 1.54) is 10.4 Å². The van der Waals surface area contributed by atoms with Crippen molar-refractivity contribution in [2.75, 3.05) is 18.4 Å². The fourth-order valence-corrected chi connectivity index (χ4v) is 5.79. The molecule has 3 aromatic carbocycles. The molecule has 2 N–H and O–H groups in total. The standard InChI is InChI=1S/C26H28BrCl2N3O4S/c1-5-32(6-2)37(34,35)21-11-16(3)17(4)24(14-21)31-26(33)30-15-18-7-8-19(27)12-25(18)36-20-9-10-22(28)23(29)13-20/h7-14H,5-6,15H2,1-4H3,(H2,30,31,33). The molecular formula is C26H28BrCl2N3O4S. The lowest BCUT2D eigenvalue weighted by Gasteiger charge is -2.20. The molecule has 198 valence electrons. The summed E-state index contributed by atoms with van der Waals surface area (Å²) in [4.78, 5) is 12.9. The average Bonchev–Trinajstić information content (AvgIpc) is 2.84. The number of hydrogen-bond donors (Lipinski definition) is 2. The molecule has 11 heteroatoms. The van der Waals surface area contributed by atoms with Gasteiger partial charge in [-0.05, 0) is 61.4 Å². The van der Waals surface area contributed by atoms with E-state index < -0.39 is 16.1 Å². The van der Waals surface area contributed by atoms with Crippen LogP contribution in [0.5, 0.6) is 11.5 Å². The Hall–Kier alpha value is -2.30. The van der Waals surface area contributed by atoms with Crippen molar-refractivity contribution >= 4 is 60.9 Å². The van der Waals surface area contributed by atoms with Crippen LogP contribution >= 0.6 is 39.1 Å². The lowest BCUT2D eigenvalue weighted by atomic mass is 10.1. The summed E-state index contributed by atoms with van der Waals surface area (Å²) in [6, 6.07) is 13.0. The molecule has 0 fully saturated rings. The van der Waals surface area contributed by atoms with Gasteiger partial charge in [-0.15, -0.1) is 0 Å². The fraction of sp³-hybridized carbons (Fsp3) is 0.269. The number of hydrogen-bond acceptors (Lipinski definition) is 4. The number of nitrogens with one attached hydrogen (secondary N) is 2. The number of anilines is 1. The van der Waals surface area contributed by atoms with Gasteiger partial charge >= 0.3 is 6.03 Å². The summed E-state index contributed by atoms with van der Waals surface area (Å²) in [7, 11) is -3.68. The first-order chi connectivity index (χ1) is 17.5. The number of rotatable bonds is 9. The second-order valence-electron chi connectivity index (χ2n) is 8.24. The monoisotopic (exact) mass is 627 g/mol. The Morgan fingerprint density at radius 3 is 2.35 bits per heavy atom. The minimum absolute atomic E-state index is 0.139.